The Morgan fingerprint density at radius 2 is 1.74 bits per heavy atom. The van der Waals surface area contributed by atoms with Gasteiger partial charge in [0.05, 0.1) is 19.9 Å². The van der Waals surface area contributed by atoms with E-state index in [1.54, 1.807) is 25.1 Å². The van der Waals surface area contributed by atoms with E-state index < -0.39 is 6.04 Å². The zero-order chi connectivity index (χ0) is 14.0. The molecule has 0 aromatic heterocycles. The average molecular weight is 264 g/mol. The first-order valence-electron chi connectivity index (χ1n) is 5.89. The molecule has 1 aromatic rings. The molecule has 1 N–H and O–H groups in total. The molecule has 2 amide bonds. The summed E-state index contributed by atoms with van der Waals surface area (Å²) in [5.74, 6) is 0.797. The number of ether oxygens (including phenoxy) is 2. The summed E-state index contributed by atoms with van der Waals surface area (Å²) < 4.78 is 10.3. The fourth-order valence-electron chi connectivity index (χ4n) is 1.97. The molecule has 0 aliphatic carbocycles. The molecular weight excluding hydrogens is 248 g/mol. The van der Waals surface area contributed by atoms with Crippen molar-refractivity contribution in [1.82, 2.24) is 5.32 Å². The van der Waals surface area contributed by atoms with Crippen LogP contribution in [0, 0.1) is 0 Å². The summed E-state index contributed by atoms with van der Waals surface area (Å²) in [6.45, 7) is 1.66. The summed E-state index contributed by atoms with van der Waals surface area (Å²) in [7, 11) is 3.07. The van der Waals surface area contributed by atoms with Crippen molar-refractivity contribution in [1.29, 1.82) is 0 Å². The van der Waals surface area contributed by atoms with Crippen molar-refractivity contribution in [3.63, 3.8) is 0 Å². The molecule has 1 fully saturated rings. The maximum atomic E-state index is 12.1. The van der Waals surface area contributed by atoms with Gasteiger partial charge in [-0.1, -0.05) is 0 Å². The Morgan fingerprint density at radius 3 is 2.26 bits per heavy atom. The van der Waals surface area contributed by atoms with Crippen molar-refractivity contribution < 1.29 is 19.1 Å². The number of rotatable bonds is 3. The van der Waals surface area contributed by atoms with Gasteiger partial charge >= 0.3 is 0 Å². The zero-order valence-electron chi connectivity index (χ0n) is 11.1. The largest absolute Gasteiger partial charge is 0.497 e. The quantitative estimate of drug-likeness (QED) is 0.866. The number of anilines is 1. The molecular formula is C13H16N2O4. The van der Waals surface area contributed by atoms with E-state index >= 15 is 0 Å². The highest BCUT2D eigenvalue weighted by Gasteiger charge is 2.30. The average Bonchev–Trinajstić information content (AvgIpc) is 2.42. The topological polar surface area (TPSA) is 67.9 Å². The molecule has 0 spiro atoms. The maximum Gasteiger partial charge on any atom is 0.249 e. The second kappa shape index (κ2) is 5.17. The van der Waals surface area contributed by atoms with Gasteiger partial charge in [-0.3, -0.25) is 9.59 Å². The molecule has 2 rings (SSSR count). The van der Waals surface area contributed by atoms with E-state index in [4.69, 9.17) is 9.47 Å². The van der Waals surface area contributed by atoms with Gasteiger partial charge in [-0.15, -0.1) is 0 Å². The minimum absolute atomic E-state index is 0.000501. The Labute approximate surface area is 111 Å². The standard InChI is InChI=1S/C13H16N2O4/c1-8-13(17)15(7-12(16)14-8)9-4-10(18-2)6-11(5-9)19-3/h4-6,8H,7H2,1-3H3,(H,14,16). The van der Waals surface area contributed by atoms with Gasteiger partial charge in [0.1, 0.15) is 24.1 Å². The van der Waals surface area contributed by atoms with Gasteiger partial charge in [0.2, 0.25) is 11.8 Å². The van der Waals surface area contributed by atoms with Crippen molar-refractivity contribution in [2.24, 2.45) is 0 Å². The molecule has 1 aromatic carbocycles. The van der Waals surface area contributed by atoms with Crippen LogP contribution >= 0.6 is 0 Å². The van der Waals surface area contributed by atoms with Crippen LogP contribution in [-0.4, -0.2) is 38.6 Å². The van der Waals surface area contributed by atoms with Crippen LogP contribution in [0.1, 0.15) is 6.92 Å². The van der Waals surface area contributed by atoms with Gasteiger partial charge in [-0.25, -0.2) is 0 Å². The predicted octanol–water partition coefficient (Wildman–Crippen LogP) is 0.555. The zero-order valence-corrected chi connectivity index (χ0v) is 11.1. The minimum atomic E-state index is -0.529. The van der Waals surface area contributed by atoms with Crippen LogP contribution in [-0.2, 0) is 9.59 Å². The summed E-state index contributed by atoms with van der Waals surface area (Å²) in [5.41, 5.74) is 0.586. The lowest BCUT2D eigenvalue weighted by molar-refractivity contribution is -0.130. The predicted molar refractivity (Wildman–Crippen MR) is 69.5 cm³/mol. The number of benzene rings is 1. The Hall–Kier alpha value is -2.24. The Kier molecular flexibility index (Phi) is 3.59. The molecule has 102 valence electrons. The van der Waals surface area contributed by atoms with E-state index in [2.05, 4.69) is 5.32 Å². The van der Waals surface area contributed by atoms with E-state index in [1.807, 2.05) is 0 Å². The number of carbonyl (C=O) groups excluding carboxylic acids is 2. The lowest BCUT2D eigenvalue weighted by Gasteiger charge is -2.31. The second-order valence-corrected chi connectivity index (χ2v) is 4.28. The van der Waals surface area contributed by atoms with Crippen molar-refractivity contribution in [2.45, 2.75) is 13.0 Å². The molecule has 0 saturated carbocycles. The summed E-state index contributed by atoms with van der Waals surface area (Å²) in [4.78, 5) is 25.1. The molecule has 1 atom stereocenters. The monoisotopic (exact) mass is 264 g/mol. The van der Waals surface area contributed by atoms with E-state index in [0.29, 0.717) is 17.2 Å². The number of hydrogen-bond donors (Lipinski definition) is 1. The SMILES string of the molecule is COc1cc(OC)cc(N2CC(=O)NC(C)C2=O)c1. The number of methoxy groups -OCH3 is 2. The smallest absolute Gasteiger partial charge is 0.249 e. The number of piperazine rings is 1. The van der Waals surface area contributed by atoms with Crippen molar-refractivity contribution in [3.8, 4) is 11.5 Å². The van der Waals surface area contributed by atoms with Crippen LogP contribution in [0.3, 0.4) is 0 Å². The number of hydrogen-bond acceptors (Lipinski definition) is 4. The van der Waals surface area contributed by atoms with Crippen molar-refractivity contribution in [3.05, 3.63) is 18.2 Å². The first-order chi connectivity index (χ1) is 9.05. The molecule has 0 radical (unpaired) electrons. The normalized spacial score (nSPS) is 19.1. The van der Waals surface area contributed by atoms with Gasteiger partial charge in [0.25, 0.3) is 0 Å². The van der Waals surface area contributed by atoms with Gasteiger partial charge in [0.15, 0.2) is 0 Å². The highest BCUT2D eigenvalue weighted by atomic mass is 16.5. The molecule has 19 heavy (non-hydrogen) atoms. The number of amides is 2. The summed E-state index contributed by atoms with van der Waals surface area (Å²) >= 11 is 0. The maximum absolute atomic E-state index is 12.1. The number of nitrogens with one attached hydrogen (secondary N) is 1. The third-order valence-electron chi connectivity index (χ3n) is 2.96. The Balaban J connectivity index is 2.39. The fraction of sp³-hybridized carbons (Fsp3) is 0.385. The van der Waals surface area contributed by atoms with Gasteiger partial charge in [-0.05, 0) is 6.92 Å². The van der Waals surface area contributed by atoms with Crippen LogP contribution in [0.5, 0.6) is 11.5 Å². The molecule has 1 unspecified atom stereocenters. The van der Waals surface area contributed by atoms with Gasteiger partial charge in [0, 0.05) is 18.2 Å². The van der Waals surface area contributed by atoms with Crippen LogP contribution < -0.4 is 19.7 Å². The number of carbonyl (C=O) groups is 2. The molecule has 6 heteroatoms. The van der Waals surface area contributed by atoms with Crippen LogP contribution in [0.15, 0.2) is 18.2 Å². The van der Waals surface area contributed by atoms with Crippen LogP contribution in [0.25, 0.3) is 0 Å². The first kappa shape index (κ1) is 13.2. The number of nitrogens with zero attached hydrogens (tertiary/aromatic N) is 1. The summed E-state index contributed by atoms with van der Waals surface area (Å²) in [6, 6.07) is 4.58. The van der Waals surface area contributed by atoms with E-state index in [-0.39, 0.29) is 18.4 Å². The van der Waals surface area contributed by atoms with E-state index in [0.717, 1.165) is 0 Å². The van der Waals surface area contributed by atoms with Crippen molar-refractivity contribution in [2.75, 3.05) is 25.7 Å². The summed E-state index contributed by atoms with van der Waals surface area (Å²) in [5, 5.41) is 2.59. The Bertz CT molecular complexity index is 493. The molecule has 1 heterocycles. The van der Waals surface area contributed by atoms with E-state index in [9.17, 15) is 9.59 Å². The molecule has 0 bridgehead atoms. The Morgan fingerprint density at radius 1 is 1.16 bits per heavy atom. The lowest BCUT2D eigenvalue weighted by Crippen LogP contribution is -2.57. The fourth-order valence-corrected chi connectivity index (χ4v) is 1.97. The molecule has 6 nitrogen and oxygen atoms in total. The van der Waals surface area contributed by atoms with Crippen molar-refractivity contribution >= 4 is 17.5 Å². The third-order valence-corrected chi connectivity index (χ3v) is 2.96. The minimum Gasteiger partial charge on any atom is -0.497 e. The summed E-state index contributed by atoms with van der Waals surface area (Å²) in [6.07, 6.45) is 0. The highest BCUT2D eigenvalue weighted by Crippen LogP contribution is 2.29. The third kappa shape index (κ3) is 2.62. The van der Waals surface area contributed by atoms with E-state index in [1.165, 1.54) is 19.1 Å². The van der Waals surface area contributed by atoms with Crippen LogP contribution in [0.4, 0.5) is 5.69 Å². The van der Waals surface area contributed by atoms with Crippen LogP contribution in [0.2, 0.25) is 0 Å². The first-order valence-corrected chi connectivity index (χ1v) is 5.89. The van der Waals surface area contributed by atoms with Gasteiger partial charge < -0.3 is 19.7 Å². The highest BCUT2D eigenvalue weighted by molar-refractivity contribution is 6.06. The molecule has 1 saturated heterocycles. The molecule has 1 aliphatic heterocycles. The molecule has 1 aliphatic rings. The second-order valence-electron chi connectivity index (χ2n) is 4.28. The van der Waals surface area contributed by atoms with Gasteiger partial charge in [-0.2, -0.15) is 0 Å². The lowest BCUT2D eigenvalue weighted by atomic mass is 10.1.